The molecule has 0 aromatic carbocycles. The summed E-state index contributed by atoms with van der Waals surface area (Å²) in [7, 11) is 0. The van der Waals surface area contributed by atoms with Crippen LogP contribution in [0.3, 0.4) is 0 Å². The molecule has 1 aromatic heterocycles. The van der Waals surface area contributed by atoms with Crippen molar-refractivity contribution in [2.75, 3.05) is 19.8 Å². The smallest absolute Gasteiger partial charge is 0.221 e. The van der Waals surface area contributed by atoms with Gasteiger partial charge in [-0.25, -0.2) is 9.97 Å². The number of halogens is 1. The quantitative estimate of drug-likeness (QED) is 0.557. The van der Waals surface area contributed by atoms with Gasteiger partial charge in [0.15, 0.2) is 0 Å². The Labute approximate surface area is 107 Å². The summed E-state index contributed by atoms with van der Waals surface area (Å²) in [5.74, 6) is 0.787. The summed E-state index contributed by atoms with van der Waals surface area (Å²) in [6.45, 7) is 7.93. The van der Waals surface area contributed by atoms with Crippen LogP contribution in [-0.4, -0.2) is 29.8 Å². The van der Waals surface area contributed by atoms with Crippen LogP contribution in [0.25, 0.3) is 0 Å². The third-order valence-electron chi connectivity index (χ3n) is 2.19. The lowest BCUT2D eigenvalue weighted by Crippen LogP contribution is -2.10. The summed E-state index contributed by atoms with van der Waals surface area (Å²) in [6, 6.07) is 0. The first-order valence-electron chi connectivity index (χ1n) is 5.87. The fraction of sp³-hybridized carbons (Fsp3) is 0.667. The fourth-order valence-corrected chi connectivity index (χ4v) is 1.75. The molecule has 0 aliphatic rings. The fourth-order valence-electron chi connectivity index (χ4n) is 1.40. The summed E-state index contributed by atoms with van der Waals surface area (Å²) in [4.78, 5) is 8.07. The normalized spacial score (nSPS) is 10.9. The Hall–Kier alpha value is -0.870. The number of hydrogen-bond donors (Lipinski definition) is 0. The highest BCUT2D eigenvalue weighted by atomic mass is 35.5. The van der Waals surface area contributed by atoms with Crippen LogP contribution in [-0.2, 0) is 4.74 Å². The van der Waals surface area contributed by atoms with Gasteiger partial charge in [0.25, 0.3) is 0 Å². The molecule has 0 spiro atoms. The minimum Gasteiger partial charge on any atom is -0.475 e. The van der Waals surface area contributed by atoms with Crippen molar-refractivity contribution in [2.45, 2.75) is 33.1 Å². The molecule has 1 rings (SSSR count). The van der Waals surface area contributed by atoms with E-state index < -0.39 is 0 Å². The van der Waals surface area contributed by atoms with Crippen LogP contribution in [0.5, 0.6) is 5.88 Å². The van der Waals surface area contributed by atoms with Crippen molar-refractivity contribution in [1.82, 2.24) is 9.97 Å². The van der Waals surface area contributed by atoms with Gasteiger partial charge in [0.05, 0.1) is 12.2 Å². The molecule has 0 N–H and O–H groups in total. The van der Waals surface area contributed by atoms with E-state index in [1.54, 1.807) is 0 Å². The molecule has 4 nitrogen and oxygen atoms in total. The molecule has 0 unspecified atom stereocenters. The van der Waals surface area contributed by atoms with Crippen LogP contribution in [0, 0.1) is 0 Å². The third-order valence-corrected chi connectivity index (χ3v) is 2.49. The van der Waals surface area contributed by atoms with E-state index in [9.17, 15) is 0 Å². The van der Waals surface area contributed by atoms with Crippen molar-refractivity contribution in [3.05, 3.63) is 17.0 Å². The third kappa shape index (κ3) is 4.48. The standard InChI is InChI=1S/C12H19ClN2O2/c1-4-5-16-6-7-17-12-10(9(2)3)11(13)14-8-15-12/h8-9H,4-7H2,1-3H3. The van der Waals surface area contributed by atoms with Crippen molar-refractivity contribution in [2.24, 2.45) is 0 Å². The minimum absolute atomic E-state index is 0.232. The molecular weight excluding hydrogens is 240 g/mol. The molecule has 0 aliphatic carbocycles. The highest BCUT2D eigenvalue weighted by Crippen LogP contribution is 2.29. The summed E-state index contributed by atoms with van der Waals surface area (Å²) < 4.78 is 10.9. The average Bonchev–Trinajstić information content (AvgIpc) is 2.28. The summed E-state index contributed by atoms with van der Waals surface area (Å²) in [6.07, 6.45) is 2.42. The van der Waals surface area contributed by atoms with Gasteiger partial charge in [-0.2, -0.15) is 0 Å². The zero-order chi connectivity index (χ0) is 12.7. The zero-order valence-corrected chi connectivity index (χ0v) is 11.3. The second-order valence-corrected chi connectivity index (χ2v) is 4.36. The molecule has 0 atom stereocenters. The van der Waals surface area contributed by atoms with Gasteiger partial charge in [0.1, 0.15) is 18.1 Å². The Balaban J connectivity index is 2.55. The molecule has 0 aliphatic heterocycles. The van der Waals surface area contributed by atoms with E-state index in [-0.39, 0.29) is 5.92 Å². The molecular formula is C12H19ClN2O2. The van der Waals surface area contributed by atoms with Crippen molar-refractivity contribution >= 4 is 11.6 Å². The van der Waals surface area contributed by atoms with E-state index in [0.29, 0.717) is 24.2 Å². The highest BCUT2D eigenvalue weighted by Gasteiger charge is 2.14. The van der Waals surface area contributed by atoms with Gasteiger partial charge in [0, 0.05) is 6.61 Å². The van der Waals surface area contributed by atoms with Gasteiger partial charge in [0.2, 0.25) is 5.88 Å². The average molecular weight is 259 g/mol. The lowest BCUT2D eigenvalue weighted by Gasteiger charge is -2.13. The Kier molecular flexibility index (Phi) is 6.22. The van der Waals surface area contributed by atoms with Gasteiger partial charge in [-0.1, -0.05) is 32.4 Å². The molecule has 1 heterocycles. The number of rotatable bonds is 7. The predicted molar refractivity (Wildman–Crippen MR) is 67.7 cm³/mol. The molecule has 0 bridgehead atoms. The molecule has 96 valence electrons. The monoisotopic (exact) mass is 258 g/mol. The molecule has 0 amide bonds. The summed E-state index contributed by atoms with van der Waals surface area (Å²) >= 11 is 6.02. The second kappa shape index (κ2) is 7.45. The van der Waals surface area contributed by atoms with Crippen molar-refractivity contribution < 1.29 is 9.47 Å². The van der Waals surface area contributed by atoms with Gasteiger partial charge in [-0.05, 0) is 12.3 Å². The number of aromatic nitrogens is 2. The molecule has 0 radical (unpaired) electrons. The van der Waals surface area contributed by atoms with Crippen molar-refractivity contribution in [3.63, 3.8) is 0 Å². The van der Waals surface area contributed by atoms with E-state index in [2.05, 4.69) is 16.9 Å². The molecule has 1 aromatic rings. The molecule has 0 saturated heterocycles. The topological polar surface area (TPSA) is 44.2 Å². The number of hydrogen-bond acceptors (Lipinski definition) is 4. The van der Waals surface area contributed by atoms with Gasteiger partial charge in [-0.3, -0.25) is 0 Å². The van der Waals surface area contributed by atoms with Crippen LogP contribution in [0.1, 0.15) is 38.7 Å². The summed E-state index contributed by atoms with van der Waals surface area (Å²) in [5.41, 5.74) is 0.852. The molecule has 5 heteroatoms. The first-order chi connectivity index (χ1) is 8.16. The van der Waals surface area contributed by atoms with Crippen LogP contribution in [0.4, 0.5) is 0 Å². The van der Waals surface area contributed by atoms with E-state index in [1.807, 2.05) is 13.8 Å². The first-order valence-corrected chi connectivity index (χ1v) is 6.25. The van der Waals surface area contributed by atoms with Crippen molar-refractivity contribution in [3.8, 4) is 5.88 Å². The van der Waals surface area contributed by atoms with E-state index >= 15 is 0 Å². The highest BCUT2D eigenvalue weighted by molar-refractivity contribution is 6.30. The Morgan fingerprint density at radius 2 is 2.00 bits per heavy atom. The Morgan fingerprint density at radius 1 is 1.24 bits per heavy atom. The molecule has 0 saturated carbocycles. The van der Waals surface area contributed by atoms with Crippen LogP contribution in [0.2, 0.25) is 5.15 Å². The summed E-state index contributed by atoms with van der Waals surface area (Å²) in [5, 5.41) is 0.458. The predicted octanol–water partition coefficient (Wildman–Crippen LogP) is 3.06. The van der Waals surface area contributed by atoms with Gasteiger partial charge < -0.3 is 9.47 Å². The Morgan fingerprint density at radius 3 is 2.65 bits per heavy atom. The van der Waals surface area contributed by atoms with E-state index in [1.165, 1.54) is 6.33 Å². The van der Waals surface area contributed by atoms with Crippen LogP contribution >= 0.6 is 11.6 Å². The van der Waals surface area contributed by atoms with E-state index in [4.69, 9.17) is 21.1 Å². The number of nitrogens with zero attached hydrogens (tertiary/aromatic N) is 2. The molecule has 0 fully saturated rings. The molecule has 17 heavy (non-hydrogen) atoms. The SMILES string of the molecule is CCCOCCOc1ncnc(Cl)c1C(C)C. The first kappa shape index (κ1) is 14.2. The van der Waals surface area contributed by atoms with E-state index in [0.717, 1.165) is 18.6 Å². The van der Waals surface area contributed by atoms with Crippen LogP contribution in [0.15, 0.2) is 6.33 Å². The maximum Gasteiger partial charge on any atom is 0.221 e. The maximum atomic E-state index is 6.02. The second-order valence-electron chi connectivity index (χ2n) is 4.00. The lowest BCUT2D eigenvalue weighted by molar-refractivity contribution is 0.0984. The lowest BCUT2D eigenvalue weighted by atomic mass is 10.1. The van der Waals surface area contributed by atoms with Crippen molar-refractivity contribution in [1.29, 1.82) is 0 Å². The van der Waals surface area contributed by atoms with Gasteiger partial charge in [-0.15, -0.1) is 0 Å². The number of ether oxygens (including phenoxy) is 2. The van der Waals surface area contributed by atoms with Crippen LogP contribution < -0.4 is 4.74 Å². The minimum atomic E-state index is 0.232. The maximum absolute atomic E-state index is 6.02. The zero-order valence-electron chi connectivity index (χ0n) is 10.6. The Bertz CT molecular complexity index is 345. The largest absolute Gasteiger partial charge is 0.475 e. The van der Waals surface area contributed by atoms with Gasteiger partial charge >= 0.3 is 0 Å².